The van der Waals surface area contributed by atoms with Gasteiger partial charge < -0.3 is 15.7 Å². The van der Waals surface area contributed by atoms with E-state index >= 15 is 0 Å². The summed E-state index contributed by atoms with van der Waals surface area (Å²) >= 11 is 5.77. The van der Waals surface area contributed by atoms with Crippen LogP contribution in [0.15, 0.2) is 48.5 Å². The number of benzene rings is 2. The van der Waals surface area contributed by atoms with E-state index in [2.05, 4.69) is 10.6 Å². The van der Waals surface area contributed by atoms with Crippen LogP contribution >= 0.6 is 11.6 Å². The van der Waals surface area contributed by atoms with Crippen LogP contribution in [-0.2, 0) is 4.79 Å². The van der Waals surface area contributed by atoms with Crippen LogP contribution in [0.4, 0.5) is 10.1 Å². The molecule has 0 aliphatic rings. The first kappa shape index (κ1) is 16.3. The van der Waals surface area contributed by atoms with E-state index < -0.39 is 6.10 Å². The van der Waals surface area contributed by atoms with Gasteiger partial charge in [-0.25, -0.2) is 4.39 Å². The summed E-state index contributed by atoms with van der Waals surface area (Å²) < 4.78 is 13.0. The minimum Gasteiger partial charge on any atom is -0.387 e. The number of nitrogens with one attached hydrogen (secondary N) is 2. The van der Waals surface area contributed by atoms with E-state index in [1.54, 1.807) is 36.4 Å². The Kier molecular flexibility index (Phi) is 5.75. The molecule has 2 aromatic carbocycles. The topological polar surface area (TPSA) is 61.4 Å². The van der Waals surface area contributed by atoms with Crippen molar-refractivity contribution in [1.29, 1.82) is 0 Å². The number of rotatable bonds is 6. The Bertz CT molecular complexity index is 634. The van der Waals surface area contributed by atoms with Crippen molar-refractivity contribution in [1.82, 2.24) is 5.32 Å². The number of anilines is 1. The SMILES string of the molecule is O=C(CNc1cccc(F)c1)NCC(O)c1ccc(Cl)cc1. The second-order valence-electron chi connectivity index (χ2n) is 4.74. The molecule has 1 atom stereocenters. The number of carbonyl (C=O) groups excluding carboxylic acids is 1. The van der Waals surface area contributed by atoms with Crippen molar-refractivity contribution in [2.45, 2.75) is 6.10 Å². The third-order valence-corrected chi connectivity index (χ3v) is 3.28. The van der Waals surface area contributed by atoms with Gasteiger partial charge in [-0.15, -0.1) is 0 Å². The highest BCUT2D eigenvalue weighted by molar-refractivity contribution is 6.30. The van der Waals surface area contributed by atoms with Crippen molar-refractivity contribution in [2.75, 3.05) is 18.4 Å². The van der Waals surface area contributed by atoms with Crippen LogP contribution in [0.25, 0.3) is 0 Å². The molecule has 0 fully saturated rings. The Labute approximate surface area is 132 Å². The molecule has 1 unspecified atom stereocenters. The molecule has 3 N–H and O–H groups in total. The Morgan fingerprint density at radius 3 is 2.64 bits per heavy atom. The van der Waals surface area contributed by atoms with Crippen molar-refractivity contribution in [3.05, 3.63) is 64.9 Å². The first-order valence-corrected chi connectivity index (χ1v) is 7.12. The fourth-order valence-corrected chi connectivity index (χ4v) is 1.98. The molecule has 0 aliphatic carbocycles. The van der Waals surface area contributed by atoms with Gasteiger partial charge in [0.05, 0.1) is 12.6 Å². The zero-order valence-corrected chi connectivity index (χ0v) is 12.5. The van der Waals surface area contributed by atoms with Gasteiger partial charge in [0.2, 0.25) is 5.91 Å². The number of carbonyl (C=O) groups is 1. The molecule has 2 rings (SSSR count). The van der Waals surface area contributed by atoms with E-state index in [0.717, 1.165) is 0 Å². The molecule has 0 heterocycles. The van der Waals surface area contributed by atoms with E-state index in [-0.39, 0.29) is 24.8 Å². The second kappa shape index (κ2) is 7.77. The van der Waals surface area contributed by atoms with E-state index in [1.165, 1.54) is 12.1 Å². The fourth-order valence-electron chi connectivity index (χ4n) is 1.86. The lowest BCUT2D eigenvalue weighted by Crippen LogP contribution is -2.33. The minimum atomic E-state index is -0.810. The summed E-state index contributed by atoms with van der Waals surface area (Å²) in [6.45, 7) is 0.0854. The first-order valence-electron chi connectivity index (χ1n) is 6.74. The molecule has 0 radical (unpaired) electrons. The number of aliphatic hydroxyl groups is 1. The normalized spacial score (nSPS) is 11.8. The zero-order valence-electron chi connectivity index (χ0n) is 11.7. The molecule has 0 saturated heterocycles. The molecular weight excluding hydrogens is 307 g/mol. The van der Waals surface area contributed by atoms with Crippen LogP contribution in [-0.4, -0.2) is 24.1 Å². The molecule has 0 bridgehead atoms. The predicted octanol–water partition coefficient (Wildman–Crippen LogP) is 2.74. The third-order valence-electron chi connectivity index (χ3n) is 3.03. The van der Waals surface area contributed by atoms with Gasteiger partial charge in [0.25, 0.3) is 0 Å². The van der Waals surface area contributed by atoms with Gasteiger partial charge in [-0.2, -0.15) is 0 Å². The van der Waals surface area contributed by atoms with E-state index in [0.29, 0.717) is 16.3 Å². The molecule has 6 heteroatoms. The van der Waals surface area contributed by atoms with E-state index in [9.17, 15) is 14.3 Å². The standard InChI is InChI=1S/C16H16ClFN2O2/c17-12-6-4-11(5-7-12)15(21)9-20-16(22)10-19-14-3-1-2-13(18)8-14/h1-8,15,19,21H,9-10H2,(H,20,22). The Morgan fingerprint density at radius 2 is 1.95 bits per heavy atom. The Morgan fingerprint density at radius 1 is 1.23 bits per heavy atom. The van der Waals surface area contributed by atoms with Crippen LogP contribution in [0.1, 0.15) is 11.7 Å². The highest BCUT2D eigenvalue weighted by atomic mass is 35.5. The molecule has 22 heavy (non-hydrogen) atoms. The number of aliphatic hydroxyl groups excluding tert-OH is 1. The van der Waals surface area contributed by atoms with Gasteiger partial charge in [-0.1, -0.05) is 29.8 Å². The fraction of sp³-hybridized carbons (Fsp3) is 0.188. The van der Waals surface area contributed by atoms with Crippen LogP contribution in [0.2, 0.25) is 5.02 Å². The highest BCUT2D eigenvalue weighted by Gasteiger charge is 2.09. The lowest BCUT2D eigenvalue weighted by Gasteiger charge is -2.13. The number of halogens is 2. The van der Waals surface area contributed by atoms with Gasteiger partial charge in [0.15, 0.2) is 0 Å². The van der Waals surface area contributed by atoms with Crippen LogP contribution in [0.5, 0.6) is 0 Å². The lowest BCUT2D eigenvalue weighted by molar-refractivity contribution is -0.119. The molecule has 0 aliphatic heterocycles. The summed E-state index contributed by atoms with van der Waals surface area (Å²) in [5, 5.41) is 15.9. The Balaban J connectivity index is 1.76. The largest absolute Gasteiger partial charge is 0.387 e. The molecule has 0 aromatic heterocycles. The van der Waals surface area contributed by atoms with E-state index in [4.69, 9.17) is 11.6 Å². The number of hydrogen-bond acceptors (Lipinski definition) is 3. The van der Waals surface area contributed by atoms with Gasteiger partial charge in [0, 0.05) is 17.3 Å². The third kappa shape index (κ3) is 5.02. The van der Waals surface area contributed by atoms with Crippen molar-refractivity contribution < 1.29 is 14.3 Å². The van der Waals surface area contributed by atoms with Gasteiger partial charge >= 0.3 is 0 Å². The van der Waals surface area contributed by atoms with Gasteiger partial charge in [0.1, 0.15) is 5.82 Å². The molecule has 1 amide bonds. The average Bonchev–Trinajstić information content (AvgIpc) is 2.51. The maximum Gasteiger partial charge on any atom is 0.239 e. The summed E-state index contributed by atoms with van der Waals surface area (Å²) in [6, 6.07) is 12.6. The lowest BCUT2D eigenvalue weighted by atomic mass is 10.1. The molecule has 2 aromatic rings. The molecule has 116 valence electrons. The first-order chi connectivity index (χ1) is 10.5. The molecule has 4 nitrogen and oxygen atoms in total. The summed E-state index contributed by atoms with van der Waals surface area (Å²) in [4.78, 5) is 11.7. The van der Waals surface area contributed by atoms with E-state index in [1.807, 2.05) is 0 Å². The van der Waals surface area contributed by atoms with Crippen molar-refractivity contribution in [3.63, 3.8) is 0 Å². The monoisotopic (exact) mass is 322 g/mol. The van der Waals surface area contributed by atoms with Gasteiger partial charge in [-0.3, -0.25) is 4.79 Å². The summed E-state index contributed by atoms with van der Waals surface area (Å²) in [6.07, 6.45) is -0.810. The summed E-state index contributed by atoms with van der Waals surface area (Å²) in [5.74, 6) is -0.666. The molecule has 0 spiro atoms. The maximum absolute atomic E-state index is 13.0. The highest BCUT2D eigenvalue weighted by Crippen LogP contribution is 2.15. The van der Waals surface area contributed by atoms with Crippen molar-refractivity contribution >= 4 is 23.2 Å². The molecular formula is C16H16ClFN2O2. The van der Waals surface area contributed by atoms with Crippen LogP contribution < -0.4 is 10.6 Å². The second-order valence-corrected chi connectivity index (χ2v) is 5.17. The minimum absolute atomic E-state index is 0.00318. The van der Waals surface area contributed by atoms with Crippen LogP contribution in [0.3, 0.4) is 0 Å². The zero-order chi connectivity index (χ0) is 15.9. The summed E-state index contributed by atoms with van der Waals surface area (Å²) in [7, 11) is 0. The Hall–Kier alpha value is -2.11. The molecule has 0 saturated carbocycles. The summed E-state index contributed by atoms with van der Waals surface area (Å²) in [5.41, 5.74) is 1.19. The van der Waals surface area contributed by atoms with Crippen molar-refractivity contribution in [2.24, 2.45) is 0 Å². The average molecular weight is 323 g/mol. The van der Waals surface area contributed by atoms with Crippen molar-refractivity contribution in [3.8, 4) is 0 Å². The quantitative estimate of drug-likeness (QED) is 0.766. The van der Waals surface area contributed by atoms with Crippen LogP contribution in [0, 0.1) is 5.82 Å². The maximum atomic E-state index is 13.0. The number of amides is 1. The van der Waals surface area contributed by atoms with Gasteiger partial charge in [-0.05, 0) is 35.9 Å². The number of hydrogen-bond donors (Lipinski definition) is 3. The predicted molar refractivity (Wildman–Crippen MR) is 84.3 cm³/mol. The smallest absolute Gasteiger partial charge is 0.239 e.